The number of rotatable bonds is 7. The predicted octanol–water partition coefficient (Wildman–Crippen LogP) is 1.87. The molecule has 0 spiro atoms. The molecule has 2 aromatic rings. The molecule has 0 fully saturated rings. The molecule has 0 saturated carbocycles. The Morgan fingerprint density at radius 1 is 1.45 bits per heavy atom. The van der Waals surface area contributed by atoms with Gasteiger partial charge in [0.05, 0.1) is 0 Å². The highest BCUT2D eigenvalue weighted by Gasteiger charge is 2.23. The molecule has 0 aliphatic carbocycles. The molecule has 0 unspecified atom stereocenters. The molecule has 110 valence electrons. The van der Waals surface area contributed by atoms with E-state index in [0.717, 1.165) is 31.0 Å². The van der Waals surface area contributed by atoms with Gasteiger partial charge in [0, 0.05) is 24.7 Å². The zero-order valence-electron chi connectivity index (χ0n) is 12.0. The number of aromatic carboxylic acids is 1. The Morgan fingerprint density at radius 3 is 2.80 bits per heavy atom. The number of hydrogen-bond acceptors (Lipinski definition) is 5. The molecule has 20 heavy (non-hydrogen) atoms. The molecule has 2 aromatic heterocycles. The minimum Gasteiger partial charge on any atom is -0.476 e. The summed E-state index contributed by atoms with van der Waals surface area (Å²) in [5.74, 6) is -0.359. The van der Waals surface area contributed by atoms with Gasteiger partial charge in [-0.15, -0.1) is 11.3 Å². The summed E-state index contributed by atoms with van der Waals surface area (Å²) < 4.78 is 1.65. The van der Waals surface area contributed by atoms with Crippen molar-refractivity contribution in [2.45, 2.75) is 13.3 Å². The average Bonchev–Trinajstić information content (AvgIpc) is 2.93. The lowest BCUT2D eigenvalue weighted by Crippen LogP contribution is -2.28. The normalized spacial score (nSPS) is 11.4. The summed E-state index contributed by atoms with van der Waals surface area (Å²) in [5.41, 5.74) is 0.257. The molecule has 6 nitrogen and oxygen atoms in total. The summed E-state index contributed by atoms with van der Waals surface area (Å²) in [7, 11) is 4.07. The molecule has 0 aliphatic heterocycles. The maximum Gasteiger partial charge on any atom is 0.356 e. The monoisotopic (exact) mass is 296 g/mol. The van der Waals surface area contributed by atoms with Crippen molar-refractivity contribution in [1.29, 1.82) is 0 Å². The lowest BCUT2D eigenvalue weighted by molar-refractivity contribution is 0.0690. The Hall–Kier alpha value is -1.60. The van der Waals surface area contributed by atoms with Gasteiger partial charge < -0.3 is 14.9 Å². The zero-order valence-corrected chi connectivity index (χ0v) is 12.9. The Labute approximate surface area is 122 Å². The lowest BCUT2D eigenvalue weighted by Gasteiger charge is -2.22. The number of carbonyl (C=O) groups is 1. The minimum absolute atomic E-state index is 0.257. The van der Waals surface area contributed by atoms with Crippen LogP contribution in [0.3, 0.4) is 0 Å². The van der Waals surface area contributed by atoms with Gasteiger partial charge in [0.15, 0.2) is 16.5 Å². The Kier molecular flexibility index (Phi) is 4.61. The molecule has 2 heterocycles. The van der Waals surface area contributed by atoms with Gasteiger partial charge >= 0.3 is 5.97 Å². The second kappa shape index (κ2) is 6.23. The number of carboxylic acid groups (broad SMARTS) is 1. The smallest absolute Gasteiger partial charge is 0.356 e. The summed E-state index contributed by atoms with van der Waals surface area (Å²) in [6.45, 7) is 4.55. The molecule has 0 amide bonds. The fourth-order valence-corrected chi connectivity index (χ4v) is 2.89. The highest BCUT2D eigenvalue weighted by atomic mass is 32.1. The van der Waals surface area contributed by atoms with Crippen LogP contribution < -0.4 is 4.90 Å². The van der Waals surface area contributed by atoms with Crippen molar-refractivity contribution in [3.63, 3.8) is 0 Å². The van der Waals surface area contributed by atoms with E-state index in [1.54, 1.807) is 10.6 Å². The van der Waals surface area contributed by atoms with E-state index in [2.05, 4.69) is 9.88 Å². The highest BCUT2D eigenvalue weighted by molar-refractivity contribution is 7.15. The summed E-state index contributed by atoms with van der Waals surface area (Å²) in [6, 6.07) is 0. The number of nitrogens with zero attached hydrogens (tertiary/aromatic N) is 4. The fourth-order valence-electron chi connectivity index (χ4n) is 2.19. The number of imidazole rings is 1. The highest BCUT2D eigenvalue weighted by Crippen LogP contribution is 2.24. The summed E-state index contributed by atoms with van der Waals surface area (Å²) in [6.07, 6.45) is 2.73. The van der Waals surface area contributed by atoms with Crippen LogP contribution in [-0.4, -0.2) is 59.1 Å². The van der Waals surface area contributed by atoms with Gasteiger partial charge in [-0.1, -0.05) is 0 Å². The first-order valence-corrected chi connectivity index (χ1v) is 7.51. The third kappa shape index (κ3) is 2.94. The van der Waals surface area contributed by atoms with Crippen molar-refractivity contribution in [3.8, 4) is 0 Å². The van der Waals surface area contributed by atoms with E-state index < -0.39 is 5.97 Å². The largest absolute Gasteiger partial charge is 0.476 e. The van der Waals surface area contributed by atoms with Crippen LogP contribution in [0.1, 0.15) is 23.8 Å². The van der Waals surface area contributed by atoms with Crippen LogP contribution in [0.5, 0.6) is 0 Å². The van der Waals surface area contributed by atoms with Gasteiger partial charge in [-0.05, 0) is 34.0 Å². The van der Waals surface area contributed by atoms with Gasteiger partial charge in [-0.25, -0.2) is 9.78 Å². The number of thiazole rings is 1. The van der Waals surface area contributed by atoms with E-state index in [-0.39, 0.29) is 5.69 Å². The summed E-state index contributed by atoms with van der Waals surface area (Å²) in [4.78, 5) is 20.9. The van der Waals surface area contributed by atoms with Crippen molar-refractivity contribution in [2.24, 2.45) is 0 Å². The van der Waals surface area contributed by atoms with E-state index in [0.29, 0.717) is 5.82 Å². The number of anilines is 1. The molecular weight excluding hydrogens is 276 g/mol. The van der Waals surface area contributed by atoms with E-state index in [9.17, 15) is 9.90 Å². The van der Waals surface area contributed by atoms with Gasteiger partial charge in [0.1, 0.15) is 0 Å². The van der Waals surface area contributed by atoms with Gasteiger partial charge in [0.25, 0.3) is 0 Å². The first-order chi connectivity index (χ1) is 9.54. The maximum absolute atomic E-state index is 11.5. The molecular formula is C13H20N4O2S. The number of fused-ring (bicyclic) bond motifs is 1. The quantitative estimate of drug-likeness (QED) is 0.845. The second-order valence-corrected chi connectivity index (χ2v) is 5.75. The lowest BCUT2D eigenvalue weighted by atomic mass is 10.3. The summed E-state index contributed by atoms with van der Waals surface area (Å²) in [5, 5.41) is 11.3. The SMILES string of the molecule is CCN(CCCN(C)C)c1nc2sccn2c1C(=O)O. The molecule has 7 heteroatoms. The average molecular weight is 296 g/mol. The van der Waals surface area contributed by atoms with Crippen LogP contribution in [0.2, 0.25) is 0 Å². The van der Waals surface area contributed by atoms with Crippen LogP contribution in [0.25, 0.3) is 4.96 Å². The third-order valence-electron chi connectivity index (χ3n) is 3.16. The number of hydrogen-bond donors (Lipinski definition) is 1. The Bertz CT molecular complexity index is 590. The summed E-state index contributed by atoms with van der Waals surface area (Å²) >= 11 is 1.45. The minimum atomic E-state index is -0.933. The number of aromatic nitrogens is 2. The predicted molar refractivity (Wildman–Crippen MR) is 81.1 cm³/mol. The van der Waals surface area contributed by atoms with Crippen molar-refractivity contribution in [1.82, 2.24) is 14.3 Å². The second-order valence-electron chi connectivity index (χ2n) is 4.88. The van der Waals surface area contributed by atoms with E-state index in [4.69, 9.17) is 0 Å². The molecule has 0 bridgehead atoms. The molecule has 0 aliphatic rings. The van der Waals surface area contributed by atoms with Crippen LogP contribution in [0.4, 0.5) is 5.82 Å². The molecule has 0 saturated heterocycles. The molecule has 2 rings (SSSR count). The van der Waals surface area contributed by atoms with Crippen molar-refractivity contribution >= 4 is 28.1 Å². The van der Waals surface area contributed by atoms with Crippen LogP contribution in [-0.2, 0) is 0 Å². The first-order valence-electron chi connectivity index (χ1n) is 6.63. The zero-order chi connectivity index (χ0) is 14.7. The van der Waals surface area contributed by atoms with E-state index in [1.807, 2.05) is 31.3 Å². The first kappa shape index (κ1) is 14.8. The van der Waals surface area contributed by atoms with Gasteiger partial charge in [0.2, 0.25) is 0 Å². The molecule has 0 atom stereocenters. The van der Waals surface area contributed by atoms with E-state index >= 15 is 0 Å². The van der Waals surface area contributed by atoms with Crippen molar-refractivity contribution < 1.29 is 9.90 Å². The Balaban J connectivity index is 2.26. The van der Waals surface area contributed by atoms with Crippen LogP contribution in [0.15, 0.2) is 11.6 Å². The third-order valence-corrected chi connectivity index (χ3v) is 3.92. The number of carboxylic acids is 1. The molecule has 0 aromatic carbocycles. The van der Waals surface area contributed by atoms with E-state index in [1.165, 1.54) is 11.3 Å². The van der Waals surface area contributed by atoms with Crippen molar-refractivity contribution in [2.75, 3.05) is 38.6 Å². The Morgan fingerprint density at radius 2 is 2.20 bits per heavy atom. The van der Waals surface area contributed by atoms with Crippen LogP contribution >= 0.6 is 11.3 Å². The van der Waals surface area contributed by atoms with Crippen molar-refractivity contribution in [3.05, 3.63) is 17.3 Å². The maximum atomic E-state index is 11.5. The standard InChI is InChI=1S/C13H20N4O2S/c1-4-16(7-5-6-15(2)3)11-10(12(18)19)17-8-9-20-13(17)14-11/h8-9H,4-7H2,1-3H3,(H,18,19). The topological polar surface area (TPSA) is 61.1 Å². The van der Waals surface area contributed by atoms with Crippen LogP contribution in [0, 0.1) is 0 Å². The molecule has 1 N–H and O–H groups in total. The van der Waals surface area contributed by atoms with Gasteiger partial charge in [-0.3, -0.25) is 4.40 Å². The molecule has 0 radical (unpaired) electrons. The van der Waals surface area contributed by atoms with Gasteiger partial charge in [-0.2, -0.15) is 0 Å². The fraction of sp³-hybridized carbons (Fsp3) is 0.538.